The van der Waals surface area contributed by atoms with Gasteiger partial charge in [0.05, 0.1) is 5.02 Å². The van der Waals surface area contributed by atoms with E-state index in [2.05, 4.69) is 21.2 Å². The first-order valence-electron chi connectivity index (χ1n) is 5.05. The van der Waals surface area contributed by atoms with Crippen molar-refractivity contribution in [2.75, 3.05) is 5.32 Å². The third-order valence-corrected chi connectivity index (χ3v) is 3.12. The van der Waals surface area contributed by atoms with Crippen molar-refractivity contribution in [3.63, 3.8) is 0 Å². The zero-order chi connectivity index (χ0) is 13.3. The Morgan fingerprint density at radius 2 is 2.17 bits per heavy atom. The standard InChI is InChI=1S/C12H9BrClFN2O/c1-17-6-7(13)4-11(17)12(18)16-8-2-3-9(14)10(15)5-8/h2-6H,1H3,(H,16,18). The van der Waals surface area contributed by atoms with Crippen LogP contribution in [0, 0.1) is 5.82 Å². The van der Waals surface area contributed by atoms with E-state index in [4.69, 9.17) is 11.6 Å². The summed E-state index contributed by atoms with van der Waals surface area (Å²) in [7, 11) is 1.75. The van der Waals surface area contributed by atoms with Crippen LogP contribution in [-0.2, 0) is 7.05 Å². The Kier molecular flexibility index (Phi) is 3.73. The van der Waals surface area contributed by atoms with Crippen molar-refractivity contribution < 1.29 is 9.18 Å². The minimum absolute atomic E-state index is 0.0228. The fraction of sp³-hybridized carbons (Fsp3) is 0.0833. The van der Waals surface area contributed by atoms with Gasteiger partial charge in [-0.2, -0.15) is 0 Å². The molecule has 0 aliphatic rings. The van der Waals surface area contributed by atoms with Crippen molar-refractivity contribution in [3.05, 3.63) is 51.5 Å². The third-order valence-electron chi connectivity index (χ3n) is 2.38. The van der Waals surface area contributed by atoms with E-state index in [0.29, 0.717) is 11.4 Å². The maximum absolute atomic E-state index is 13.2. The van der Waals surface area contributed by atoms with Crippen LogP contribution in [0.15, 0.2) is 34.9 Å². The maximum atomic E-state index is 13.2. The van der Waals surface area contributed by atoms with E-state index in [1.807, 2.05) is 0 Å². The summed E-state index contributed by atoms with van der Waals surface area (Å²) >= 11 is 8.84. The highest BCUT2D eigenvalue weighted by atomic mass is 79.9. The van der Waals surface area contributed by atoms with Crippen molar-refractivity contribution in [2.24, 2.45) is 7.05 Å². The summed E-state index contributed by atoms with van der Waals surface area (Å²) in [6.45, 7) is 0. The third kappa shape index (κ3) is 2.73. The lowest BCUT2D eigenvalue weighted by Crippen LogP contribution is -2.15. The number of nitrogens with zero attached hydrogens (tertiary/aromatic N) is 1. The highest BCUT2D eigenvalue weighted by Crippen LogP contribution is 2.20. The lowest BCUT2D eigenvalue weighted by molar-refractivity contribution is 0.101. The Balaban J connectivity index is 2.21. The van der Waals surface area contributed by atoms with E-state index in [1.54, 1.807) is 29.9 Å². The van der Waals surface area contributed by atoms with Gasteiger partial charge in [0.1, 0.15) is 11.5 Å². The van der Waals surface area contributed by atoms with E-state index in [-0.39, 0.29) is 10.9 Å². The summed E-state index contributed by atoms with van der Waals surface area (Å²) in [5.74, 6) is -0.882. The molecule has 0 aliphatic carbocycles. The topological polar surface area (TPSA) is 34.0 Å². The normalized spacial score (nSPS) is 10.4. The summed E-state index contributed by atoms with van der Waals surface area (Å²) in [4.78, 5) is 11.9. The van der Waals surface area contributed by atoms with Crippen LogP contribution in [0.5, 0.6) is 0 Å². The monoisotopic (exact) mass is 330 g/mol. The second kappa shape index (κ2) is 5.12. The minimum Gasteiger partial charge on any atom is -0.345 e. The molecule has 2 rings (SSSR count). The van der Waals surface area contributed by atoms with Gasteiger partial charge in [-0.25, -0.2) is 4.39 Å². The Labute approximate surface area is 117 Å². The van der Waals surface area contributed by atoms with Crippen molar-refractivity contribution in [1.29, 1.82) is 0 Å². The van der Waals surface area contributed by atoms with E-state index in [1.165, 1.54) is 12.1 Å². The van der Waals surface area contributed by atoms with Crippen LogP contribution < -0.4 is 5.32 Å². The SMILES string of the molecule is Cn1cc(Br)cc1C(=O)Nc1ccc(Cl)c(F)c1. The summed E-state index contributed by atoms with van der Waals surface area (Å²) in [5, 5.41) is 2.62. The van der Waals surface area contributed by atoms with Crippen LogP contribution in [0.3, 0.4) is 0 Å². The average Bonchev–Trinajstić information content (AvgIpc) is 2.63. The minimum atomic E-state index is -0.567. The summed E-state index contributed by atoms with van der Waals surface area (Å²) in [5.41, 5.74) is 0.830. The molecule has 0 aliphatic heterocycles. The Morgan fingerprint density at radius 1 is 1.44 bits per heavy atom. The molecule has 0 spiro atoms. The van der Waals surface area contributed by atoms with Gasteiger partial charge < -0.3 is 9.88 Å². The number of hydrogen-bond donors (Lipinski definition) is 1. The molecule has 2 aromatic rings. The number of rotatable bonds is 2. The van der Waals surface area contributed by atoms with Gasteiger partial charge in [-0.3, -0.25) is 4.79 Å². The molecule has 94 valence electrons. The summed E-state index contributed by atoms with van der Waals surface area (Å²) in [6.07, 6.45) is 1.76. The molecule has 1 heterocycles. The first kappa shape index (κ1) is 13.1. The molecular weight excluding hydrogens is 322 g/mol. The van der Waals surface area contributed by atoms with E-state index < -0.39 is 5.82 Å². The second-order valence-corrected chi connectivity index (χ2v) is 5.06. The number of aryl methyl sites for hydroxylation is 1. The van der Waals surface area contributed by atoms with Gasteiger partial charge in [-0.05, 0) is 40.2 Å². The summed E-state index contributed by atoms with van der Waals surface area (Å²) < 4.78 is 15.7. The number of carbonyl (C=O) groups is 1. The number of nitrogens with one attached hydrogen (secondary N) is 1. The lowest BCUT2D eigenvalue weighted by atomic mass is 10.3. The number of carbonyl (C=O) groups excluding carboxylic acids is 1. The van der Waals surface area contributed by atoms with Crippen LogP contribution in [0.25, 0.3) is 0 Å². The van der Waals surface area contributed by atoms with E-state index in [9.17, 15) is 9.18 Å². The molecule has 1 aromatic heterocycles. The zero-order valence-electron chi connectivity index (χ0n) is 9.38. The Bertz CT molecular complexity index is 612. The maximum Gasteiger partial charge on any atom is 0.272 e. The van der Waals surface area contributed by atoms with Crippen LogP contribution >= 0.6 is 27.5 Å². The van der Waals surface area contributed by atoms with Crippen LogP contribution in [0.1, 0.15) is 10.5 Å². The largest absolute Gasteiger partial charge is 0.345 e. The number of aromatic nitrogens is 1. The molecule has 0 radical (unpaired) electrons. The quantitative estimate of drug-likeness (QED) is 0.891. The molecule has 0 atom stereocenters. The highest BCUT2D eigenvalue weighted by molar-refractivity contribution is 9.10. The molecule has 0 bridgehead atoms. The van der Waals surface area contributed by atoms with Gasteiger partial charge >= 0.3 is 0 Å². The molecule has 6 heteroatoms. The van der Waals surface area contributed by atoms with Gasteiger partial charge in [-0.1, -0.05) is 11.6 Å². The molecular formula is C12H9BrClFN2O. The molecule has 1 aromatic carbocycles. The Morgan fingerprint density at radius 3 is 2.72 bits per heavy atom. The first-order chi connectivity index (χ1) is 8.47. The molecule has 0 fully saturated rings. The number of halogens is 3. The van der Waals surface area contributed by atoms with Crippen LogP contribution in [0.2, 0.25) is 5.02 Å². The molecule has 18 heavy (non-hydrogen) atoms. The fourth-order valence-corrected chi connectivity index (χ4v) is 2.16. The van der Waals surface area contributed by atoms with Gasteiger partial charge in [0.2, 0.25) is 0 Å². The molecule has 0 saturated heterocycles. The van der Waals surface area contributed by atoms with Crippen molar-refractivity contribution in [1.82, 2.24) is 4.57 Å². The predicted molar refractivity (Wildman–Crippen MR) is 72.5 cm³/mol. The number of anilines is 1. The predicted octanol–water partition coefficient (Wildman–Crippen LogP) is 3.83. The Hall–Kier alpha value is -1.33. The molecule has 0 unspecified atom stereocenters. The van der Waals surface area contributed by atoms with Gasteiger partial charge in [0.15, 0.2) is 0 Å². The second-order valence-electron chi connectivity index (χ2n) is 3.74. The van der Waals surface area contributed by atoms with E-state index in [0.717, 1.165) is 4.47 Å². The zero-order valence-corrected chi connectivity index (χ0v) is 11.7. The summed E-state index contributed by atoms with van der Waals surface area (Å²) in [6, 6.07) is 5.80. The first-order valence-corrected chi connectivity index (χ1v) is 6.23. The fourth-order valence-electron chi connectivity index (χ4n) is 1.52. The van der Waals surface area contributed by atoms with E-state index >= 15 is 0 Å². The molecule has 1 N–H and O–H groups in total. The van der Waals surface area contributed by atoms with Crippen molar-refractivity contribution in [3.8, 4) is 0 Å². The average molecular weight is 332 g/mol. The highest BCUT2D eigenvalue weighted by Gasteiger charge is 2.12. The number of hydrogen-bond acceptors (Lipinski definition) is 1. The van der Waals surface area contributed by atoms with Crippen molar-refractivity contribution in [2.45, 2.75) is 0 Å². The van der Waals surface area contributed by atoms with Gasteiger partial charge in [0, 0.05) is 23.4 Å². The number of benzene rings is 1. The molecule has 3 nitrogen and oxygen atoms in total. The molecule has 0 saturated carbocycles. The van der Waals surface area contributed by atoms with Crippen LogP contribution in [-0.4, -0.2) is 10.5 Å². The number of amides is 1. The smallest absolute Gasteiger partial charge is 0.272 e. The van der Waals surface area contributed by atoms with Crippen LogP contribution in [0.4, 0.5) is 10.1 Å². The molecule has 1 amide bonds. The van der Waals surface area contributed by atoms with Crippen molar-refractivity contribution >= 4 is 39.1 Å². The van der Waals surface area contributed by atoms with Gasteiger partial charge in [0.25, 0.3) is 5.91 Å². The van der Waals surface area contributed by atoms with Gasteiger partial charge in [-0.15, -0.1) is 0 Å². The lowest BCUT2D eigenvalue weighted by Gasteiger charge is -2.06.